The van der Waals surface area contributed by atoms with E-state index in [0.717, 1.165) is 45.1 Å². The van der Waals surface area contributed by atoms with Crippen LogP contribution in [0.3, 0.4) is 0 Å². The number of ether oxygens (including phenoxy) is 1. The number of carboxylic acid groups (broad SMARTS) is 1. The predicted molar refractivity (Wildman–Crippen MR) is 73.5 cm³/mol. The number of rotatable bonds is 7. The van der Waals surface area contributed by atoms with E-state index in [2.05, 4.69) is 10.6 Å². The first-order chi connectivity index (χ1) is 9.52. The van der Waals surface area contributed by atoms with Crippen LogP contribution in [-0.4, -0.2) is 41.9 Å². The van der Waals surface area contributed by atoms with Crippen LogP contribution in [0.15, 0.2) is 0 Å². The lowest BCUT2D eigenvalue weighted by molar-refractivity contribution is -0.144. The molecule has 3 N–H and O–H groups in total. The minimum absolute atomic E-state index is 0.0534. The van der Waals surface area contributed by atoms with Crippen LogP contribution < -0.4 is 10.6 Å². The minimum Gasteiger partial charge on any atom is -0.480 e. The molecule has 2 amide bonds. The van der Waals surface area contributed by atoms with Crippen molar-refractivity contribution in [3.8, 4) is 0 Å². The highest BCUT2D eigenvalue weighted by atomic mass is 16.5. The smallest absolute Gasteiger partial charge is 0.329 e. The van der Waals surface area contributed by atoms with Gasteiger partial charge in [-0.1, -0.05) is 0 Å². The summed E-state index contributed by atoms with van der Waals surface area (Å²) >= 11 is 0. The molecule has 6 nitrogen and oxygen atoms in total. The lowest BCUT2D eigenvalue weighted by Crippen LogP contribution is -2.56. The first-order valence-electron chi connectivity index (χ1n) is 7.43. The van der Waals surface area contributed by atoms with E-state index in [0.29, 0.717) is 12.6 Å². The van der Waals surface area contributed by atoms with Crippen LogP contribution in [0.25, 0.3) is 0 Å². The standard InChI is InChI=1S/C14H24N2O4/c1-14(12(17)18,10-6-7-10)16-13(19)15-8-2-4-11-5-3-9-20-11/h10-11H,2-9H2,1H3,(H,17,18)(H2,15,16,19). The van der Waals surface area contributed by atoms with Crippen molar-refractivity contribution in [3.05, 3.63) is 0 Å². The van der Waals surface area contributed by atoms with Crippen LogP contribution >= 0.6 is 0 Å². The zero-order valence-electron chi connectivity index (χ0n) is 12.0. The number of amides is 2. The van der Waals surface area contributed by atoms with Gasteiger partial charge in [-0.25, -0.2) is 9.59 Å². The van der Waals surface area contributed by atoms with Gasteiger partial charge in [-0.2, -0.15) is 0 Å². The molecule has 2 aliphatic rings. The van der Waals surface area contributed by atoms with Crippen LogP contribution in [0.2, 0.25) is 0 Å². The third-order valence-electron chi connectivity index (χ3n) is 4.22. The number of hydrogen-bond donors (Lipinski definition) is 3. The predicted octanol–water partition coefficient (Wildman–Crippen LogP) is 1.50. The molecular formula is C14H24N2O4. The van der Waals surface area contributed by atoms with Gasteiger partial charge in [-0.3, -0.25) is 0 Å². The van der Waals surface area contributed by atoms with Gasteiger partial charge < -0.3 is 20.5 Å². The second kappa shape index (κ2) is 6.43. The monoisotopic (exact) mass is 284 g/mol. The van der Waals surface area contributed by atoms with Crippen LogP contribution in [0.1, 0.15) is 45.4 Å². The molecule has 1 aliphatic carbocycles. The molecule has 6 heteroatoms. The number of carbonyl (C=O) groups excluding carboxylic acids is 1. The lowest BCUT2D eigenvalue weighted by Gasteiger charge is -2.26. The molecule has 2 rings (SSSR count). The van der Waals surface area contributed by atoms with Crippen molar-refractivity contribution in [1.82, 2.24) is 10.6 Å². The van der Waals surface area contributed by atoms with Gasteiger partial charge in [0.1, 0.15) is 5.54 Å². The summed E-state index contributed by atoms with van der Waals surface area (Å²) in [6.07, 6.45) is 6.08. The molecule has 20 heavy (non-hydrogen) atoms. The van der Waals surface area contributed by atoms with Gasteiger partial charge in [0.15, 0.2) is 0 Å². The molecule has 2 atom stereocenters. The van der Waals surface area contributed by atoms with Crippen molar-refractivity contribution in [2.45, 2.75) is 57.1 Å². The van der Waals surface area contributed by atoms with Crippen LogP contribution in [0.5, 0.6) is 0 Å². The molecule has 0 aromatic carbocycles. The fraction of sp³-hybridized carbons (Fsp3) is 0.857. The normalized spacial score (nSPS) is 24.9. The van der Waals surface area contributed by atoms with Crippen LogP contribution in [0.4, 0.5) is 4.79 Å². The van der Waals surface area contributed by atoms with Gasteiger partial charge in [-0.05, 0) is 51.4 Å². The number of nitrogens with one attached hydrogen (secondary N) is 2. The summed E-state index contributed by atoms with van der Waals surface area (Å²) in [5.74, 6) is -0.910. The first-order valence-corrected chi connectivity index (χ1v) is 7.43. The van der Waals surface area contributed by atoms with E-state index in [-0.39, 0.29) is 5.92 Å². The molecule has 0 bridgehead atoms. The van der Waals surface area contributed by atoms with Crippen molar-refractivity contribution in [2.24, 2.45) is 5.92 Å². The van der Waals surface area contributed by atoms with Gasteiger partial charge in [0.25, 0.3) is 0 Å². The van der Waals surface area contributed by atoms with Gasteiger partial charge in [0.05, 0.1) is 6.10 Å². The maximum Gasteiger partial charge on any atom is 0.329 e. The molecule has 1 saturated carbocycles. The molecule has 1 heterocycles. The Morgan fingerprint density at radius 2 is 2.10 bits per heavy atom. The summed E-state index contributed by atoms with van der Waals surface area (Å²) in [6.45, 7) is 2.97. The van der Waals surface area contributed by atoms with E-state index < -0.39 is 17.5 Å². The number of carbonyl (C=O) groups is 2. The van der Waals surface area contributed by atoms with Crippen LogP contribution in [0, 0.1) is 5.92 Å². The van der Waals surface area contributed by atoms with E-state index in [9.17, 15) is 14.7 Å². The molecular weight excluding hydrogens is 260 g/mol. The lowest BCUT2D eigenvalue weighted by atomic mass is 9.96. The third kappa shape index (κ3) is 3.85. The van der Waals surface area contributed by atoms with Crippen molar-refractivity contribution >= 4 is 12.0 Å². The topological polar surface area (TPSA) is 87.7 Å². The number of urea groups is 1. The highest BCUT2D eigenvalue weighted by molar-refractivity contribution is 5.86. The Morgan fingerprint density at radius 3 is 2.65 bits per heavy atom. The fourth-order valence-electron chi connectivity index (χ4n) is 2.67. The number of aliphatic carboxylic acids is 1. The largest absolute Gasteiger partial charge is 0.480 e. The average molecular weight is 284 g/mol. The summed E-state index contributed by atoms with van der Waals surface area (Å²) in [4.78, 5) is 23.1. The quantitative estimate of drug-likeness (QED) is 0.618. The molecule has 1 aliphatic heterocycles. The molecule has 1 saturated heterocycles. The second-order valence-electron chi connectivity index (χ2n) is 5.94. The Bertz CT molecular complexity index is 364. The Labute approximate surface area is 119 Å². The highest BCUT2D eigenvalue weighted by Gasteiger charge is 2.48. The fourth-order valence-corrected chi connectivity index (χ4v) is 2.67. The Hall–Kier alpha value is -1.30. The van der Waals surface area contributed by atoms with Gasteiger partial charge >= 0.3 is 12.0 Å². The zero-order chi connectivity index (χ0) is 14.6. The SMILES string of the molecule is CC(NC(=O)NCCCC1CCCO1)(C(=O)O)C1CC1. The summed E-state index contributed by atoms with van der Waals surface area (Å²) in [5, 5.41) is 14.6. The van der Waals surface area contributed by atoms with Crippen molar-refractivity contribution in [2.75, 3.05) is 13.2 Å². The van der Waals surface area contributed by atoms with E-state index in [1.54, 1.807) is 6.92 Å². The third-order valence-corrected chi connectivity index (χ3v) is 4.22. The number of hydrogen-bond acceptors (Lipinski definition) is 3. The van der Waals surface area contributed by atoms with Crippen molar-refractivity contribution in [3.63, 3.8) is 0 Å². The Balaban J connectivity index is 1.65. The van der Waals surface area contributed by atoms with Gasteiger partial charge in [0, 0.05) is 13.2 Å². The van der Waals surface area contributed by atoms with E-state index >= 15 is 0 Å². The van der Waals surface area contributed by atoms with E-state index in [4.69, 9.17) is 4.74 Å². The average Bonchev–Trinajstić information content (AvgIpc) is 3.13. The number of carboxylic acids is 1. The van der Waals surface area contributed by atoms with Crippen LogP contribution in [-0.2, 0) is 9.53 Å². The molecule has 2 fully saturated rings. The summed E-state index contributed by atoms with van der Waals surface area (Å²) in [5.41, 5.74) is -1.14. The van der Waals surface area contributed by atoms with Gasteiger partial charge in [0.2, 0.25) is 0 Å². The zero-order valence-corrected chi connectivity index (χ0v) is 12.0. The maximum atomic E-state index is 11.8. The van der Waals surface area contributed by atoms with E-state index in [1.807, 2.05) is 0 Å². The summed E-state index contributed by atoms with van der Waals surface area (Å²) in [6, 6.07) is -0.394. The molecule has 0 radical (unpaired) electrons. The van der Waals surface area contributed by atoms with Crippen molar-refractivity contribution < 1.29 is 19.4 Å². The Morgan fingerprint density at radius 1 is 1.35 bits per heavy atom. The molecule has 2 unspecified atom stereocenters. The summed E-state index contributed by atoms with van der Waals surface area (Å²) in [7, 11) is 0. The molecule has 0 aromatic rings. The maximum absolute atomic E-state index is 11.8. The molecule has 0 aromatic heterocycles. The van der Waals surface area contributed by atoms with Crippen molar-refractivity contribution in [1.29, 1.82) is 0 Å². The highest BCUT2D eigenvalue weighted by Crippen LogP contribution is 2.39. The minimum atomic E-state index is -1.14. The Kier molecular flexibility index (Phi) is 4.86. The second-order valence-corrected chi connectivity index (χ2v) is 5.94. The molecule has 114 valence electrons. The van der Waals surface area contributed by atoms with Gasteiger partial charge in [-0.15, -0.1) is 0 Å². The first kappa shape index (κ1) is 15.1. The summed E-state index contributed by atoms with van der Waals surface area (Å²) < 4.78 is 5.51. The van der Waals surface area contributed by atoms with E-state index in [1.165, 1.54) is 0 Å². The molecule has 0 spiro atoms.